The van der Waals surface area contributed by atoms with E-state index < -0.39 is 31.1 Å². The SMILES string of the molecule is NCCCCNc1nc2c(N)ncnc2n1[C@@H]1O[C@H](CO)[C@H](O)[C@H]1O. The van der Waals surface area contributed by atoms with Gasteiger partial charge in [-0.15, -0.1) is 0 Å². The van der Waals surface area contributed by atoms with Gasteiger partial charge in [0.2, 0.25) is 5.95 Å². The molecule has 1 aliphatic heterocycles. The molecule has 0 amide bonds. The first-order valence-corrected chi connectivity index (χ1v) is 8.13. The maximum atomic E-state index is 10.3. The van der Waals surface area contributed by atoms with Crippen molar-refractivity contribution in [1.29, 1.82) is 0 Å². The zero-order chi connectivity index (χ0) is 18.0. The number of ether oxygens (including phenoxy) is 1. The molecule has 0 spiro atoms. The lowest BCUT2D eigenvalue weighted by Crippen LogP contribution is -2.33. The molecule has 3 rings (SSSR count). The van der Waals surface area contributed by atoms with Crippen molar-refractivity contribution in [3.63, 3.8) is 0 Å². The number of fused-ring (bicyclic) bond motifs is 1. The minimum Gasteiger partial charge on any atom is -0.394 e. The van der Waals surface area contributed by atoms with Crippen LogP contribution in [-0.2, 0) is 4.74 Å². The summed E-state index contributed by atoms with van der Waals surface area (Å²) in [5.41, 5.74) is 12.1. The number of nitrogens with two attached hydrogens (primary N) is 2. The highest BCUT2D eigenvalue weighted by atomic mass is 16.6. The number of aliphatic hydroxyl groups is 3. The Balaban J connectivity index is 1.98. The third-order valence-electron chi connectivity index (χ3n) is 4.19. The number of anilines is 2. The van der Waals surface area contributed by atoms with E-state index in [2.05, 4.69) is 20.3 Å². The summed E-state index contributed by atoms with van der Waals surface area (Å²) in [6.45, 7) is 0.770. The minimum atomic E-state index is -1.25. The van der Waals surface area contributed by atoms with Crippen LogP contribution in [0.1, 0.15) is 19.1 Å². The fraction of sp³-hybridized carbons (Fsp3) is 0.643. The minimum absolute atomic E-state index is 0.195. The van der Waals surface area contributed by atoms with Gasteiger partial charge in [-0.3, -0.25) is 4.57 Å². The Hall–Kier alpha value is -2.05. The Morgan fingerprint density at radius 2 is 2.04 bits per heavy atom. The van der Waals surface area contributed by atoms with Gasteiger partial charge in [0.05, 0.1) is 6.61 Å². The number of imidazole rings is 1. The number of nitrogen functional groups attached to an aromatic ring is 1. The Kier molecular flexibility index (Phi) is 5.30. The summed E-state index contributed by atoms with van der Waals surface area (Å²) in [6, 6.07) is 0. The molecule has 11 nitrogen and oxygen atoms in total. The van der Waals surface area contributed by atoms with Gasteiger partial charge in [-0.05, 0) is 19.4 Å². The van der Waals surface area contributed by atoms with Crippen molar-refractivity contribution in [2.45, 2.75) is 37.4 Å². The Morgan fingerprint density at radius 3 is 2.72 bits per heavy atom. The van der Waals surface area contributed by atoms with Gasteiger partial charge < -0.3 is 36.8 Å². The van der Waals surface area contributed by atoms with Gasteiger partial charge in [0.1, 0.15) is 24.6 Å². The van der Waals surface area contributed by atoms with Crippen LogP contribution in [0.5, 0.6) is 0 Å². The Labute approximate surface area is 143 Å². The second-order valence-corrected chi connectivity index (χ2v) is 5.89. The zero-order valence-electron chi connectivity index (χ0n) is 13.6. The Bertz CT molecular complexity index is 725. The quantitative estimate of drug-likeness (QED) is 0.310. The lowest BCUT2D eigenvalue weighted by molar-refractivity contribution is -0.0501. The lowest BCUT2D eigenvalue weighted by atomic mass is 10.1. The monoisotopic (exact) mass is 353 g/mol. The van der Waals surface area contributed by atoms with Crippen LogP contribution in [0.15, 0.2) is 6.33 Å². The summed E-state index contributed by atoms with van der Waals surface area (Å²) < 4.78 is 7.13. The average Bonchev–Trinajstić information content (AvgIpc) is 3.11. The van der Waals surface area contributed by atoms with E-state index >= 15 is 0 Å². The van der Waals surface area contributed by atoms with Crippen LogP contribution >= 0.6 is 0 Å². The second kappa shape index (κ2) is 7.45. The number of rotatable bonds is 7. The van der Waals surface area contributed by atoms with Crippen molar-refractivity contribution in [3.8, 4) is 0 Å². The number of hydrogen-bond acceptors (Lipinski definition) is 10. The average molecular weight is 353 g/mol. The summed E-state index contributed by atoms with van der Waals surface area (Å²) in [4.78, 5) is 12.5. The summed E-state index contributed by atoms with van der Waals surface area (Å²) in [5.74, 6) is 0.578. The molecule has 25 heavy (non-hydrogen) atoms. The van der Waals surface area contributed by atoms with Gasteiger partial charge >= 0.3 is 0 Å². The van der Waals surface area contributed by atoms with Crippen LogP contribution in [-0.4, -0.2) is 72.8 Å². The normalized spacial score (nSPS) is 26.4. The van der Waals surface area contributed by atoms with E-state index in [1.165, 1.54) is 10.9 Å². The van der Waals surface area contributed by atoms with Gasteiger partial charge in [0.25, 0.3) is 0 Å². The van der Waals surface area contributed by atoms with Gasteiger partial charge in [-0.2, -0.15) is 0 Å². The lowest BCUT2D eigenvalue weighted by Gasteiger charge is -2.19. The smallest absolute Gasteiger partial charge is 0.207 e. The highest BCUT2D eigenvalue weighted by molar-refractivity contribution is 5.84. The van der Waals surface area contributed by atoms with Crippen LogP contribution in [0.4, 0.5) is 11.8 Å². The van der Waals surface area contributed by atoms with Gasteiger partial charge in [-0.1, -0.05) is 0 Å². The molecule has 8 N–H and O–H groups in total. The van der Waals surface area contributed by atoms with Crippen molar-refractivity contribution in [2.24, 2.45) is 5.73 Å². The first-order valence-electron chi connectivity index (χ1n) is 8.13. The third-order valence-corrected chi connectivity index (χ3v) is 4.19. The molecule has 1 fully saturated rings. The van der Waals surface area contributed by atoms with Crippen LogP contribution < -0.4 is 16.8 Å². The summed E-state index contributed by atoms with van der Waals surface area (Å²) in [5, 5.41) is 32.8. The first-order chi connectivity index (χ1) is 12.1. The van der Waals surface area contributed by atoms with E-state index in [0.29, 0.717) is 30.2 Å². The molecular weight excluding hydrogens is 330 g/mol. The van der Waals surface area contributed by atoms with Crippen molar-refractivity contribution < 1.29 is 20.1 Å². The molecule has 1 aliphatic rings. The van der Waals surface area contributed by atoms with E-state index in [9.17, 15) is 15.3 Å². The zero-order valence-corrected chi connectivity index (χ0v) is 13.6. The fourth-order valence-electron chi connectivity index (χ4n) is 2.85. The number of unbranched alkanes of at least 4 members (excludes halogenated alkanes) is 1. The second-order valence-electron chi connectivity index (χ2n) is 5.89. The van der Waals surface area contributed by atoms with Crippen LogP contribution in [0.25, 0.3) is 11.2 Å². The summed E-state index contributed by atoms with van der Waals surface area (Å²) in [6.07, 6.45) is -1.38. The van der Waals surface area contributed by atoms with Crippen molar-refractivity contribution in [1.82, 2.24) is 19.5 Å². The molecular formula is C14H23N7O4. The van der Waals surface area contributed by atoms with Crippen molar-refractivity contribution >= 4 is 22.9 Å². The first kappa shape index (κ1) is 17.8. The van der Waals surface area contributed by atoms with Gasteiger partial charge in [0, 0.05) is 6.54 Å². The molecule has 2 aromatic heterocycles. The molecule has 3 heterocycles. The molecule has 0 bridgehead atoms. The molecule has 0 saturated carbocycles. The maximum absolute atomic E-state index is 10.3. The molecule has 1 saturated heterocycles. The third kappa shape index (κ3) is 3.24. The van der Waals surface area contributed by atoms with Crippen molar-refractivity contribution in [2.75, 3.05) is 30.7 Å². The highest BCUT2D eigenvalue weighted by Crippen LogP contribution is 2.34. The molecule has 138 valence electrons. The number of nitrogens with zero attached hydrogens (tertiary/aromatic N) is 4. The van der Waals surface area contributed by atoms with Crippen LogP contribution in [0.3, 0.4) is 0 Å². The van der Waals surface area contributed by atoms with E-state index in [1.54, 1.807) is 0 Å². The van der Waals surface area contributed by atoms with Crippen molar-refractivity contribution in [3.05, 3.63) is 6.33 Å². The molecule has 11 heteroatoms. The molecule has 0 unspecified atom stereocenters. The molecule has 0 radical (unpaired) electrons. The topological polar surface area (TPSA) is 178 Å². The maximum Gasteiger partial charge on any atom is 0.207 e. The fourth-order valence-corrected chi connectivity index (χ4v) is 2.85. The van der Waals surface area contributed by atoms with Crippen LogP contribution in [0.2, 0.25) is 0 Å². The predicted octanol–water partition coefficient (Wildman–Crippen LogP) is -1.83. The molecule has 2 aromatic rings. The van der Waals surface area contributed by atoms with E-state index in [4.69, 9.17) is 16.2 Å². The number of aromatic nitrogens is 4. The molecule has 4 atom stereocenters. The van der Waals surface area contributed by atoms with E-state index in [-0.39, 0.29) is 5.82 Å². The van der Waals surface area contributed by atoms with Crippen LogP contribution in [0, 0.1) is 0 Å². The van der Waals surface area contributed by atoms with Gasteiger partial charge in [0.15, 0.2) is 23.2 Å². The largest absolute Gasteiger partial charge is 0.394 e. The van der Waals surface area contributed by atoms with E-state index in [1.807, 2.05) is 0 Å². The predicted molar refractivity (Wildman–Crippen MR) is 89.5 cm³/mol. The molecule has 0 aliphatic carbocycles. The Morgan fingerprint density at radius 1 is 1.24 bits per heavy atom. The van der Waals surface area contributed by atoms with Gasteiger partial charge in [-0.25, -0.2) is 15.0 Å². The molecule has 0 aromatic carbocycles. The van der Waals surface area contributed by atoms with E-state index in [0.717, 1.165) is 12.8 Å². The number of aliphatic hydroxyl groups excluding tert-OH is 3. The standard InChI is InChI=1S/C14H23N7O4/c15-3-1-2-4-17-14-20-8-11(16)18-6-19-12(8)21(14)13-10(24)9(23)7(5-22)25-13/h6-7,9-10,13,22-24H,1-5,15H2,(H,17,20)(H2,16,18,19)/t7-,9+,10-,13-/m1/s1. The summed E-state index contributed by atoms with van der Waals surface area (Å²) >= 11 is 0. The number of hydrogen-bond donors (Lipinski definition) is 6. The summed E-state index contributed by atoms with van der Waals surface area (Å²) in [7, 11) is 0. The number of nitrogens with one attached hydrogen (secondary N) is 1. The highest BCUT2D eigenvalue weighted by Gasteiger charge is 2.45.